The van der Waals surface area contributed by atoms with E-state index in [9.17, 15) is 14.3 Å². The lowest BCUT2D eigenvalue weighted by atomic mass is 9.85. The minimum absolute atomic E-state index is 0.245. The molecule has 1 atom stereocenters. The molecule has 21 heavy (non-hydrogen) atoms. The van der Waals surface area contributed by atoms with Crippen LogP contribution in [-0.4, -0.2) is 29.3 Å². The van der Waals surface area contributed by atoms with E-state index in [0.717, 1.165) is 32.1 Å². The van der Waals surface area contributed by atoms with Crippen LogP contribution in [0.25, 0.3) is 0 Å². The Morgan fingerprint density at radius 2 is 2.14 bits per heavy atom. The maximum Gasteiger partial charge on any atom is 0.261 e. The summed E-state index contributed by atoms with van der Waals surface area (Å²) < 4.78 is 18.7. The van der Waals surface area contributed by atoms with Crippen LogP contribution in [0.3, 0.4) is 0 Å². The van der Waals surface area contributed by atoms with Crippen LogP contribution in [-0.2, 0) is 11.2 Å². The topological polar surface area (TPSA) is 58.6 Å². The first-order valence-corrected chi connectivity index (χ1v) is 7.51. The van der Waals surface area contributed by atoms with Gasteiger partial charge in [-0.05, 0) is 31.0 Å². The Hall–Kier alpha value is -1.62. The molecule has 3 rings (SSSR count). The number of carbonyl (C=O) groups excluding carboxylic acids is 1. The Bertz CT molecular complexity index is 540. The number of nitrogens with one attached hydrogen (secondary N) is 1. The monoisotopic (exact) mass is 293 g/mol. The van der Waals surface area contributed by atoms with Crippen molar-refractivity contribution < 1.29 is 19.0 Å². The van der Waals surface area contributed by atoms with E-state index in [1.165, 1.54) is 12.1 Å². The summed E-state index contributed by atoms with van der Waals surface area (Å²) >= 11 is 0. The summed E-state index contributed by atoms with van der Waals surface area (Å²) in [6, 6.07) is 4.27. The van der Waals surface area contributed by atoms with Crippen LogP contribution < -0.4 is 10.1 Å². The first-order chi connectivity index (χ1) is 10.1. The first kappa shape index (κ1) is 14.3. The number of hydrogen-bond donors (Lipinski definition) is 2. The first-order valence-electron chi connectivity index (χ1n) is 7.51. The molecule has 1 aliphatic heterocycles. The molecule has 1 saturated carbocycles. The highest BCUT2D eigenvalue weighted by Crippen LogP contribution is 2.30. The van der Waals surface area contributed by atoms with Gasteiger partial charge in [-0.1, -0.05) is 19.3 Å². The minimum atomic E-state index is -0.786. The lowest BCUT2D eigenvalue weighted by Gasteiger charge is -2.32. The predicted molar refractivity (Wildman–Crippen MR) is 75.6 cm³/mol. The minimum Gasteiger partial charge on any atom is -0.480 e. The van der Waals surface area contributed by atoms with Gasteiger partial charge in [-0.15, -0.1) is 0 Å². The number of benzene rings is 1. The Balaban J connectivity index is 1.55. The standard InChI is InChI=1S/C16H20FNO3/c17-12-4-5-13-11(8-12)9-14(21-13)15(19)18-10-16(20)6-2-1-3-7-16/h4-5,8,14,20H,1-3,6-7,9-10H2,(H,18,19). The van der Waals surface area contributed by atoms with Crippen LogP contribution in [0.5, 0.6) is 5.75 Å². The van der Waals surface area contributed by atoms with E-state index in [1.807, 2.05) is 0 Å². The van der Waals surface area contributed by atoms with Crippen LogP contribution in [0, 0.1) is 5.82 Å². The third-order valence-electron chi connectivity index (χ3n) is 4.37. The van der Waals surface area contributed by atoms with Gasteiger partial charge in [0.1, 0.15) is 11.6 Å². The van der Waals surface area contributed by atoms with E-state index < -0.39 is 11.7 Å². The average Bonchev–Trinajstić information content (AvgIpc) is 2.88. The molecule has 4 nitrogen and oxygen atoms in total. The predicted octanol–water partition coefficient (Wildman–Crippen LogP) is 1.94. The molecule has 1 fully saturated rings. The van der Waals surface area contributed by atoms with E-state index in [4.69, 9.17) is 4.74 Å². The fourth-order valence-corrected chi connectivity index (χ4v) is 3.12. The summed E-state index contributed by atoms with van der Waals surface area (Å²) in [4.78, 5) is 12.1. The molecule has 1 aromatic carbocycles. The normalized spacial score (nSPS) is 23.2. The van der Waals surface area contributed by atoms with Crippen LogP contribution in [0.2, 0.25) is 0 Å². The highest BCUT2D eigenvalue weighted by Gasteiger charge is 2.33. The molecule has 0 saturated heterocycles. The lowest BCUT2D eigenvalue weighted by molar-refractivity contribution is -0.128. The molecule has 0 bridgehead atoms. The summed E-state index contributed by atoms with van der Waals surface area (Å²) in [5.74, 6) is -0.00606. The van der Waals surface area contributed by atoms with Crippen LogP contribution in [0.15, 0.2) is 18.2 Å². The molecular formula is C16H20FNO3. The van der Waals surface area contributed by atoms with Crippen LogP contribution >= 0.6 is 0 Å². The largest absolute Gasteiger partial charge is 0.480 e. The lowest BCUT2D eigenvalue weighted by Crippen LogP contribution is -2.47. The van der Waals surface area contributed by atoms with Crippen LogP contribution in [0.1, 0.15) is 37.7 Å². The number of aliphatic hydroxyl groups is 1. The van der Waals surface area contributed by atoms with Crippen molar-refractivity contribution in [1.29, 1.82) is 0 Å². The quantitative estimate of drug-likeness (QED) is 0.895. The van der Waals surface area contributed by atoms with Gasteiger partial charge in [0.05, 0.1) is 5.60 Å². The average molecular weight is 293 g/mol. The van der Waals surface area contributed by atoms with Gasteiger partial charge in [0.15, 0.2) is 6.10 Å². The Labute approximate surface area is 123 Å². The summed E-state index contributed by atoms with van der Waals surface area (Å²) in [5, 5.41) is 13.1. The number of rotatable bonds is 3. The van der Waals surface area contributed by atoms with E-state index in [1.54, 1.807) is 6.07 Å². The third-order valence-corrected chi connectivity index (χ3v) is 4.37. The zero-order chi connectivity index (χ0) is 14.9. The molecule has 0 radical (unpaired) electrons. The van der Waals surface area contributed by atoms with E-state index >= 15 is 0 Å². The highest BCUT2D eigenvalue weighted by atomic mass is 19.1. The highest BCUT2D eigenvalue weighted by molar-refractivity contribution is 5.82. The number of halogens is 1. The van der Waals surface area contributed by atoms with Gasteiger partial charge >= 0.3 is 0 Å². The van der Waals surface area contributed by atoms with Gasteiger partial charge in [-0.2, -0.15) is 0 Å². The molecule has 1 heterocycles. The fourth-order valence-electron chi connectivity index (χ4n) is 3.12. The molecule has 2 N–H and O–H groups in total. The zero-order valence-corrected chi connectivity index (χ0v) is 11.9. The van der Waals surface area contributed by atoms with E-state index in [0.29, 0.717) is 17.7 Å². The van der Waals surface area contributed by atoms with Gasteiger partial charge in [0, 0.05) is 18.5 Å². The number of ether oxygens (including phenoxy) is 1. The van der Waals surface area contributed by atoms with E-state index in [-0.39, 0.29) is 18.3 Å². The number of hydrogen-bond acceptors (Lipinski definition) is 3. The molecular weight excluding hydrogens is 273 g/mol. The van der Waals surface area contributed by atoms with Gasteiger partial charge in [-0.25, -0.2) is 4.39 Å². The van der Waals surface area contributed by atoms with Gasteiger partial charge < -0.3 is 15.2 Å². The molecule has 1 unspecified atom stereocenters. The van der Waals surface area contributed by atoms with Crippen molar-refractivity contribution in [2.45, 2.75) is 50.2 Å². The number of carbonyl (C=O) groups is 1. The third kappa shape index (κ3) is 3.18. The van der Waals surface area contributed by atoms with Crippen molar-refractivity contribution in [2.75, 3.05) is 6.54 Å². The molecule has 5 heteroatoms. The van der Waals surface area contributed by atoms with Crippen molar-refractivity contribution in [1.82, 2.24) is 5.32 Å². The summed E-state index contributed by atoms with van der Waals surface area (Å²) in [6.07, 6.45) is 4.33. The SMILES string of the molecule is O=C(NCC1(O)CCCCC1)C1Cc2cc(F)ccc2O1. The second-order valence-corrected chi connectivity index (χ2v) is 6.07. The number of fused-ring (bicyclic) bond motifs is 1. The van der Waals surface area contributed by atoms with Crippen LogP contribution in [0.4, 0.5) is 4.39 Å². The van der Waals surface area contributed by atoms with Crippen molar-refractivity contribution in [2.24, 2.45) is 0 Å². The van der Waals surface area contributed by atoms with Crippen molar-refractivity contribution in [3.63, 3.8) is 0 Å². The molecule has 0 spiro atoms. The molecule has 0 aromatic heterocycles. The molecule has 1 amide bonds. The molecule has 114 valence electrons. The molecule has 1 aliphatic carbocycles. The maximum absolute atomic E-state index is 13.1. The summed E-state index contributed by atoms with van der Waals surface area (Å²) in [6.45, 7) is 0.260. The number of amides is 1. The van der Waals surface area contributed by atoms with Gasteiger partial charge in [-0.3, -0.25) is 4.79 Å². The van der Waals surface area contributed by atoms with E-state index in [2.05, 4.69) is 5.32 Å². The second-order valence-electron chi connectivity index (χ2n) is 6.07. The Kier molecular flexibility index (Phi) is 3.85. The Morgan fingerprint density at radius 3 is 2.90 bits per heavy atom. The second kappa shape index (κ2) is 5.64. The molecule has 1 aromatic rings. The zero-order valence-electron chi connectivity index (χ0n) is 11.9. The van der Waals surface area contributed by atoms with Crippen molar-refractivity contribution >= 4 is 5.91 Å². The maximum atomic E-state index is 13.1. The summed E-state index contributed by atoms with van der Waals surface area (Å²) in [5.41, 5.74) is -0.0719. The van der Waals surface area contributed by atoms with Gasteiger partial charge in [0.25, 0.3) is 5.91 Å². The summed E-state index contributed by atoms with van der Waals surface area (Å²) in [7, 11) is 0. The van der Waals surface area contributed by atoms with Gasteiger partial charge in [0.2, 0.25) is 0 Å². The fraction of sp³-hybridized carbons (Fsp3) is 0.562. The van der Waals surface area contributed by atoms with Crippen molar-refractivity contribution in [3.8, 4) is 5.75 Å². The Morgan fingerprint density at radius 1 is 1.38 bits per heavy atom. The molecule has 2 aliphatic rings. The van der Waals surface area contributed by atoms with Crippen molar-refractivity contribution in [3.05, 3.63) is 29.6 Å². The smallest absolute Gasteiger partial charge is 0.261 e.